The van der Waals surface area contributed by atoms with E-state index < -0.39 is 11.8 Å². The van der Waals surface area contributed by atoms with Crippen LogP contribution >= 0.6 is 11.6 Å². The number of halogens is 3. The van der Waals surface area contributed by atoms with Crippen molar-refractivity contribution >= 4 is 11.6 Å². The smallest absolute Gasteiger partial charge is 0.213 e. The molecule has 0 saturated carbocycles. The molecule has 1 aromatic carbocycles. The molecular formula is C12H8ClF2NO. The Morgan fingerprint density at radius 3 is 2.71 bits per heavy atom. The maximum Gasteiger partial charge on any atom is 0.213 e. The lowest BCUT2D eigenvalue weighted by atomic mass is 10.2. The van der Waals surface area contributed by atoms with Gasteiger partial charge in [0.2, 0.25) is 5.95 Å². The highest BCUT2D eigenvalue weighted by molar-refractivity contribution is 6.30. The predicted octanol–water partition coefficient (Wildman–Crippen LogP) is 3.59. The van der Waals surface area contributed by atoms with Crippen LogP contribution in [-0.4, -0.2) is 4.98 Å². The van der Waals surface area contributed by atoms with Crippen LogP contribution in [0.25, 0.3) is 0 Å². The lowest BCUT2D eigenvalue weighted by Gasteiger charge is -2.06. The third kappa shape index (κ3) is 3.14. The highest BCUT2D eigenvalue weighted by Gasteiger charge is 2.04. The molecule has 0 atom stereocenters. The molecule has 0 N–H and O–H groups in total. The molecule has 5 heteroatoms. The minimum absolute atomic E-state index is 0.0136. The summed E-state index contributed by atoms with van der Waals surface area (Å²) in [4.78, 5) is 3.42. The van der Waals surface area contributed by atoms with Crippen molar-refractivity contribution in [2.75, 3.05) is 0 Å². The standard InChI is InChI=1S/C12H8ClF2NO/c13-9-1-3-11(14)8(5-9)7-17-10-2-4-12(15)16-6-10/h1-6H,7H2. The van der Waals surface area contributed by atoms with Crippen LogP contribution in [0.1, 0.15) is 5.56 Å². The van der Waals surface area contributed by atoms with Crippen LogP contribution in [0, 0.1) is 11.8 Å². The molecule has 1 aromatic heterocycles. The molecule has 0 saturated heterocycles. The first kappa shape index (κ1) is 11.8. The fourth-order valence-electron chi connectivity index (χ4n) is 1.26. The van der Waals surface area contributed by atoms with Gasteiger partial charge in [-0.3, -0.25) is 0 Å². The maximum absolute atomic E-state index is 13.3. The number of nitrogens with zero attached hydrogens (tertiary/aromatic N) is 1. The number of rotatable bonds is 3. The summed E-state index contributed by atoms with van der Waals surface area (Å²) in [7, 11) is 0. The van der Waals surface area contributed by atoms with Gasteiger partial charge in [-0.2, -0.15) is 4.39 Å². The van der Waals surface area contributed by atoms with Crippen molar-refractivity contribution in [2.24, 2.45) is 0 Å². The maximum atomic E-state index is 13.3. The highest BCUT2D eigenvalue weighted by Crippen LogP contribution is 2.17. The molecule has 2 aromatic rings. The van der Waals surface area contributed by atoms with Crippen molar-refractivity contribution in [3.63, 3.8) is 0 Å². The van der Waals surface area contributed by atoms with Gasteiger partial charge in [0.1, 0.15) is 18.2 Å². The number of aromatic nitrogens is 1. The normalized spacial score (nSPS) is 10.3. The molecular weight excluding hydrogens is 248 g/mol. The molecule has 1 heterocycles. The van der Waals surface area contributed by atoms with E-state index in [0.29, 0.717) is 16.3 Å². The van der Waals surface area contributed by atoms with Gasteiger partial charge in [0.25, 0.3) is 0 Å². The number of pyridine rings is 1. The summed E-state index contributed by atoms with van der Waals surface area (Å²) in [5, 5.41) is 0.433. The van der Waals surface area contributed by atoms with Crippen LogP contribution in [0.2, 0.25) is 5.02 Å². The molecule has 2 nitrogen and oxygen atoms in total. The van der Waals surface area contributed by atoms with E-state index in [1.54, 1.807) is 0 Å². The van der Waals surface area contributed by atoms with Crippen molar-refractivity contribution < 1.29 is 13.5 Å². The summed E-state index contributed by atoms with van der Waals surface area (Å²) >= 11 is 5.74. The van der Waals surface area contributed by atoms with E-state index in [-0.39, 0.29) is 6.61 Å². The number of ether oxygens (including phenoxy) is 1. The topological polar surface area (TPSA) is 22.1 Å². The van der Waals surface area contributed by atoms with E-state index in [2.05, 4.69) is 4.98 Å². The molecule has 17 heavy (non-hydrogen) atoms. The Labute approximate surface area is 102 Å². The molecule has 0 aliphatic rings. The summed E-state index contributed by atoms with van der Waals surface area (Å²) in [6, 6.07) is 6.80. The van der Waals surface area contributed by atoms with E-state index in [1.807, 2.05) is 0 Å². The molecule has 0 fully saturated rings. The summed E-state index contributed by atoms with van der Waals surface area (Å²) in [5.41, 5.74) is 0.335. The van der Waals surface area contributed by atoms with Crippen LogP contribution in [0.15, 0.2) is 36.5 Å². The third-order valence-corrected chi connectivity index (χ3v) is 2.34. The number of hydrogen-bond donors (Lipinski definition) is 0. The molecule has 0 bridgehead atoms. The van der Waals surface area contributed by atoms with Gasteiger partial charge < -0.3 is 4.74 Å². The summed E-state index contributed by atoms with van der Waals surface area (Å²) in [5.74, 6) is -0.624. The molecule has 0 radical (unpaired) electrons. The van der Waals surface area contributed by atoms with E-state index in [4.69, 9.17) is 16.3 Å². The Morgan fingerprint density at radius 1 is 1.18 bits per heavy atom. The molecule has 0 unspecified atom stereocenters. The predicted molar refractivity (Wildman–Crippen MR) is 59.9 cm³/mol. The van der Waals surface area contributed by atoms with Gasteiger partial charge in [0.05, 0.1) is 6.20 Å². The van der Waals surface area contributed by atoms with Gasteiger partial charge in [0.15, 0.2) is 0 Å². The fourth-order valence-corrected chi connectivity index (χ4v) is 1.46. The van der Waals surface area contributed by atoms with Crippen LogP contribution in [-0.2, 0) is 6.61 Å². The zero-order chi connectivity index (χ0) is 12.3. The Hall–Kier alpha value is -1.68. The van der Waals surface area contributed by atoms with E-state index in [1.165, 1.54) is 36.5 Å². The third-order valence-electron chi connectivity index (χ3n) is 2.10. The van der Waals surface area contributed by atoms with Crippen molar-refractivity contribution in [1.29, 1.82) is 0 Å². The minimum atomic E-state index is -0.591. The monoisotopic (exact) mass is 255 g/mol. The Morgan fingerprint density at radius 2 is 2.00 bits per heavy atom. The second-order valence-electron chi connectivity index (χ2n) is 3.34. The zero-order valence-corrected chi connectivity index (χ0v) is 9.42. The van der Waals surface area contributed by atoms with Crippen LogP contribution in [0.4, 0.5) is 8.78 Å². The van der Waals surface area contributed by atoms with Gasteiger partial charge in [-0.15, -0.1) is 0 Å². The molecule has 0 aliphatic carbocycles. The summed E-state index contributed by atoms with van der Waals surface area (Å²) in [6.45, 7) is 0.0136. The first-order valence-corrected chi connectivity index (χ1v) is 5.21. The molecule has 0 spiro atoms. The van der Waals surface area contributed by atoms with Crippen LogP contribution in [0.3, 0.4) is 0 Å². The summed E-state index contributed by atoms with van der Waals surface area (Å²) < 4.78 is 31.1. The minimum Gasteiger partial charge on any atom is -0.487 e. The zero-order valence-electron chi connectivity index (χ0n) is 8.66. The largest absolute Gasteiger partial charge is 0.487 e. The van der Waals surface area contributed by atoms with E-state index in [0.717, 1.165) is 0 Å². The van der Waals surface area contributed by atoms with Crippen molar-refractivity contribution in [2.45, 2.75) is 6.61 Å². The molecule has 0 amide bonds. The number of hydrogen-bond acceptors (Lipinski definition) is 2. The first-order chi connectivity index (χ1) is 8.15. The van der Waals surface area contributed by atoms with Gasteiger partial charge in [0, 0.05) is 10.6 Å². The Kier molecular flexibility index (Phi) is 3.54. The fraction of sp³-hybridized carbons (Fsp3) is 0.0833. The van der Waals surface area contributed by atoms with Crippen LogP contribution < -0.4 is 4.74 Å². The second kappa shape index (κ2) is 5.10. The molecule has 0 aliphatic heterocycles. The molecule has 88 valence electrons. The highest BCUT2D eigenvalue weighted by atomic mass is 35.5. The van der Waals surface area contributed by atoms with Gasteiger partial charge >= 0.3 is 0 Å². The van der Waals surface area contributed by atoms with Crippen molar-refractivity contribution in [1.82, 2.24) is 4.98 Å². The Balaban J connectivity index is 2.07. The van der Waals surface area contributed by atoms with Gasteiger partial charge in [-0.1, -0.05) is 11.6 Å². The number of benzene rings is 1. The quantitative estimate of drug-likeness (QED) is 0.782. The van der Waals surface area contributed by atoms with E-state index in [9.17, 15) is 8.78 Å². The lowest BCUT2D eigenvalue weighted by Crippen LogP contribution is -1.99. The summed E-state index contributed by atoms with van der Waals surface area (Å²) in [6.07, 6.45) is 1.23. The van der Waals surface area contributed by atoms with Crippen molar-refractivity contribution in [3.8, 4) is 5.75 Å². The van der Waals surface area contributed by atoms with Crippen molar-refractivity contribution in [3.05, 3.63) is 58.9 Å². The Bertz CT molecular complexity index is 516. The second-order valence-corrected chi connectivity index (χ2v) is 3.78. The van der Waals surface area contributed by atoms with Crippen LogP contribution in [0.5, 0.6) is 5.75 Å². The SMILES string of the molecule is Fc1ccc(OCc2cc(Cl)ccc2F)cn1. The van der Waals surface area contributed by atoms with Gasteiger partial charge in [-0.05, 0) is 30.3 Å². The molecule has 2 rings (SSSR count). The average Bonchev–Trinajstić information content (AvgIpc) is 2.32. The van der Waals surface area contributed by atoms with Gasteiger partial charge in [-0.25, -0.2) is 9.37 Å². The first-order valence-electron chi connectivity index (χ1n) is 4.83. The van der Waals surface area contributed by atoms with E-state index >= 15 is 0 Å². The average molecular weight is 256 g/mol. The lowest BCUT2D eigenvalue weighted by molar-refractivity contribution is 0.297.